The third-order valence-corrected chi connectivity index (χ3v) is 1.96. The summed E-state index contributed by atoms with van der Waals surface area (Å²) in [6.07, 6.45) is 0. The van der Waals surface area contributed by atoms with E-state index in [1.165, 1.54) is 12.1 Å². The molecule has 0 fully saturated rings. The number of aromatic carboxylic acids is 1. The molecule has 0 spiro atoms. The molecule has 5 heteroatoms. The van der Waals surface area contributed by atoms with Gasteiger partial charge in [0.1, 0.15) is 0 Å². The average molecular weight is 206 g/mol. The summed E-state index contributed by atoms with van der Waals surface area (Å²) >= 11 is 11.2. The van der Waals surface area contributed by atoms with Gasteiger partial charge in [0, 0.05) is 0 Å². The number of carboxylic acids is 1. The van der Waals surface area contributed by atoms with Crippen LogP contribution in [0.15, 0.2) is 12.1 Å². The number of hydrogen-bond acceptors (Lipinski definition) is 2. The third kappa shape index (κ3) is 1.62. The van der Waals surface area contributed by atoms with Gasteiger partial charge in [0.25, 0.3) is 0 Å². The molecule has 0 unspecified atom stereocenters. The second-order valence-electron chi connectivity index (χ2n) is 2.16. The molecule has 64 valence electrons. The minimum atomic E-state index is -1.12. The van der Waals surface area contributed by atoms with Gasteiger partial charge in [0.15, 0.2) is 0 Å². The number of halogens is 2. The van der Waals surface area contributed by atoms with Gasteiger partial charge in [-0.25, -0.2) is 4.79 Å². The minimum Gasteiger partial charge on any atom is -0.478 e. The summed E-state index contributed by atoms with van der Waals surface area (Å²) in [6.45, 7) is 0. The fourth-order valence-electron chi connectivity index (χ4n) is 0.726. The molecule has 0 aromatic heterocycles. The van der Waals surface area contributed by atoms with Crippen molar-refractivity contribution in [2.45, 2.75) is 0 Å². The number of anilines is 1. The summed E-state index contributed by atoms with van der Waals surface area (Å²) in [4.78, 5) is 10.5. The van der Waals surface area contributed by atoms with Crippen molar-refractivity contribution in [1.29, 1.82) is 0 Å². The first-order valence-corrected chi connectivity index (χ1v) is 3.76. The van der Waals surface area contributed by atoms with Crippen molar-refractivity contribution in [1.82, 2.24) is 0 Å². The number of benzene rings is 1. The van der Waals surface area contributed by atoms with Gasteiger partial charge >= 0.3 is 5.97 Å². The van der Waals surface area contributed by atoms with Crippen LogP contribution in [0.1, 0.15) is 10.4 Å². The van der Waals surface area contributed by atoms with Crippen molar-refractivity contribution >= 4 is 34.9 Å². The van der Waals surface area contributed by atoms with E-state index in [4.69, 9.17) is 34.0 Å². The van der Waals surface area contributed by atoms with Crippen LogP contribution in [0.4, 0.5) is 5.69 Å². The van der Waals surface area contributed by atoms with Gasteiger partial charge in [0.05, 0.1) is 21.3 Å². The second kappa shape index (κ2) is 3.21. The van der Waals surface area contributed by atoms with Gasteiger partial charge in [-0.15, -0.1) is 0 Å². The highest BCUT2D eigenvalue weighted by Crippen LogP contribution is 2.26. The van der Waals surface area contributed by atoms with Crippen molar-refractivity contribution < 1.29 is 9.90 Å². The monoisotopic (exact) mass is 205 g/mol. The van der Waals surface area contributed by atoms with Crippen molar-refractivity contribution in [2.75, 3.05) is 5.73 Å². The molecule has 0 bridgehead atoms. The predicted molar refractivity (Wildman–Crippen MR) is 47.8 cm³/mol. The Bertz CT molecular complexity index is 338. The molecule has 0 aliphatic carbocycles. The Morgan fingerprint density at radius 3 is 2.42 bits per heavy atom. The third-order valence-electron chi connectivity index (χ3n) is 1.32. The Kier molecular flexibility index (Phi) is 2.45. The molecule has 3 N–H and O–H groups in total. The standard InChI is InChI=1S/C7H5Cl2NO2/c8-4-2-6(10)5(9)1-3(4)7(11)12/h1-2H,10H2,(H,11,12). The summed E-state index contributed by atoms with van der Waals surface area (Å²) in [5, 5.41) is 8.88. The van der Waals surface area contributed by atoms with Crippen LogP contribution in [-0.2, 0) is 0 Å². The molecule has 0 aliphatic rings. The summed E-state index contributed by atoms with van der Waals surface area (Å²) in [5.41, 5.74) is 5.60. The van der Waals surface area contributed by atoms with Gasteiger partial charge < -0.3 is 10.8 Å². The molecular weight excluding hydrogens is 201 g/mol. The molecule has 0 heterocycles. The SMILES string of the molecule is Nc1cc(Cl)c(C(=O)O)cc1Cl. The van der Waals surface area contributed by atoms with E-state index in [0.717, 1.165) is 0 Å². The summed E-state index contributed by atoms with van der Waals surface area (Å²) in [6, 6.07) is 2.54. The second-order valence-corrected chi connectivity index (χ2v) is 2.97. The highest BCUT2D eigenvalue weighted by Gasteiger charge is 2.10. The smallest absolute Gasteiger partial charge is 0.337 e. The lowest BCUT2D eigenvalue weighted by molar-refractivity contribution is 0.0697. The lowest BCUT2D eigenvalue weighted by Gasteiger charge is -2.01. The fraction of sp³-hybridized carbons (Fsp3) is 0. The highest BCUT2D eigenvalue weighted by molar-refractivity contribution is 6.37. The molecule has 0 aliphatic heterocycles. The molecule has 3 nitrogen and oxygen atoms in total. The Morgan fingerprint density at radius 1 is 1.33 bits per heavy atom. The summed E-state index contributed by atoms with van der Waals surface area (Å²) < 4.78 is 0. The van der Waals surface area contributed by atoms with E-state index in [0.29, 0.717) is 0 Å². The Labute approximate surface area is 78.7 Å². The van der Waals surface area contributed by atoms with E-state index < -0.39 is 5.97 Å². The van der Waals surface area contributed by atoms with E-state index >= 15 is 0 Å². The molecule has 0 amide bonds. The lowest BCUT2D eigenvalue weighted by atomic mass is 10.2. The quantitative estimate of drug-likeness (QED) is 0.692. The zero-order valence-electron chi connectivity index (χ0n) is 5.84. The molecule has 12 heavy (non-hydrogen) atoms. The van der Waals surface area contributed by atoms with Crippen LogP contribution in [0.3, 0.4) is 0 Å². The van der Waals surface area contributed by atoms with Crippen LogP contribution in [-0.4, -0.2) is 11.1 Å². The van der Waals surface area contributed by atoms with Crippen molar-refractivity contribution in [3.05, 3.63) is 27.7 Å². The molecule has 1 aromatic rings. The maximum atomic E-state index is 10.5. The van der Waals surface area contributed by atoms with Crippen LogP contribution in [0.5, 0.6) is 0 Å². The maximum Gasteiger partial charge on any atom is 0.337 e. The zero-order valence-corrected chi connectivity index (χ0v) is 7.36. The van der Waals surface area contributed by atoms with Gasteiger partial charge in [-0.2, -0.15) is 0 Å². The van der Waals surface area contributed by atoms with E-state index in [2.05, 4.69) is 0 Å². The van der Waals surface area contributed by atoms with E-state index in [1.807, 2.05) is 0 Å². The van der Waals surface area contributed by atoms with Crippen LogP contribution in [0.25, 0.3) is 0 Å². The van der Waals surface area contributed by atoms with Crippen molar-refractivity contribution in [3.63, 3.8) is 0 Å². The first kappa shape index (κ1) is 9.16. The molecular formula is C7H5Cl2NO2. The first-order chi connectivity index (χ1) is 5.52. The Hall–Kier alpha value is -0.930. The predicted octanol–water partition coefficient (Wildman–Crippen LogP) is 2.27. The van der Waals surface area contributed by atoms with Crippen LogP contribution in [0.2, 0.25) is 10.0 Å². The summed E-state index contributed by atoms with van der Waals surface area (Å²) in [5.74, 6) is -1.12. The molecule has 0 radical (unpaired) electrons. The fourth-order valence-corrected chi connectivity index (χ4v) is 1.14. The molecule has 1 rings (SSSR count). The molecule has 0 saturated carbocycles. The molecule has 0 atom stereocenters. The van der Waals surface area contributed by atoms with Crippen molar-refractivity contribution in [2.24, 2.45) is 0 Å². The van der Waals surface area contributed by atoms with Crippen molar-refractivity contribution in [3.8, 4) is 0 Å². The Balaban J connectivity index is 3.33. The topological polar surface area (TPSA) is 63.3 Å². The average Bonchev–Trinajstić information content (AvgIpc) is 1.96. The number of hydrogen-bond donors (Lipinski definition) is 2. The summed E-state index contributed by atoms with van der Waals surface area (Å²) in [7, 11) is 0. The number of carboxylic acid groups (broad SMARTS) is 1. The molecule has 1 aromatic carbocycles. The molecule has 0 saturated heterocycles. The number of nitrogens with two attached hydrogens (primary N) is 1. The maximum absolute atomic E-state index is 10.5. The van der Waals surface area contributed by atoms with Gasteiger partial charge in [-0.3, -0.25) is 0 Å². The van der Waals surface area contributed by atoms with Crippen LogP contribution in [0, 0.1) is 0 Å². The lowest BCUT2D eigenvalue weighted by Crippen LogP contribution is -1.98. The minimum absolute atomic E-state index is 0.0455. The van der Waals surface area contributed by atoms with Gasteiger partial charge in [0.2, 0.25) is 0 Å². The van der Waals surface area contributed by atoms with Gasteiger partial charge in [-0.05, 0) is 12.1 Å². The number of rotatable bonds is 1. The van der Waals surface area contributed by atoms with E-state index in [-0.39, 0.29) is 21.3 Å². The largest absolute Gasteiger partial charge is 0.478 e. The number of carbonyl (C=O) groups is 1. The van der Waals surface area contributed by atoms with E-state index in [1.54, 1.807) is 0 Å². The van der Waals surface area contributed by atoms with Gasteiger partial charge in [-0.1, -0.05) is 23.2 Å². The zero-order chi connectivity index (χ0) is 9.30. The van der Waals surface area contributed by atoms with Crippen LogP contribution < -0.4 is 5.73 Å². The van der Waals surface area contributed by atoms with Crippen LogP contribution >= 0.6 is 23.2 Å². The first-order valence-electron chi connectivity index (χ1n) is 3.00. The Morgan fingerprint density at radius 2 is 1.92 bits per heavy atom. The van der Waals surface area contributed by atoms with E-state index in [9.17, 15) is 4.79 Å². The highest BCUT2D eigenvalue weighted by atomic mass is 35.5. The number of nitrogen functional groups attached to an aromatic ring is 1. The normalized spacial score (nSPS) is 9.83.